The van der Waals surface area contributed by atoms with E-state index in [9.17, 15) is 17.6 Å². The summed E-state index contributed by atoms with van der Waals surface area (Å²) in [5.41, 5.74) is -0.393. The average molecular weight is 272 g/mol. The van der Waals surface area contributed by atoms with Crippen LogP contribution in [0.25, 0.3) is 0 Å². The Labute approximate surface area is 103 Å². The van der Waals surface area contributed by atoms with Crippen molar-refractivity contribution in [1.29, 1.82) is 5.26 Å². The van der Waals surface area contributed by atoms with Crippen LogP contribution in [0.2, 0.25) is 0 Å². The number of halogens is 1. The van der Waals surface area contributed by atoms with Gasteiger partial charge in [-0.1, -0.05) is 0 Å². The quantitative estimate of drug-likeness (QED) is 0.787. The summed E-state index contributed by atoms with van der Waals surface area (Å²) in [4.78, 5) is 10.5. The van der Waals surface area contributed by atoms with Gasteiger partial charge in [-0.2, -0.15) is 9.98 Å². The number of methoxy groups -OCH3 is 1. The van der Waals surface area contributed by atoms with Crippen molar-refractivity contribution in [3.8, 4) is 6.07 Å². The van der Waals surface area contributed by atoms with Gasteiger partial charge in [-0.3, -0.25) is 4.79 Å². The molecule has 1 rings (SSSR count). The first-order valence-corrected chi connectivity index (χ1v) is 6.15. The third kappa shape index (κ3) is 3.26. The molecule has 0 bridgehead atoms. The van der Waals surface area contributed by atoms with Crippen LogP contribution in [0.5, 0.6) is 0 Å². The number of sulfonamides is 1. The number of benzene rings is 1. The van der Waals surface area contributed by atoms with Crippen molar-refractivity contribution >= 4 is 16.0 Å². The van der Waals surface area contributed by atoms with E-state index >= 15 is 0 Å². The van der Waals surface area contributed by atoms with Crippen molar-refractivity contribution in [1.82, 2.24) is 4.72 Å². The minimum absolute atomic E-state index is 0.302. The highest BCUT2D eigenvalue weighted by molar-refractivity contribution is 7.89. The molecule has 0 heterocycles. The Morgan fingerprint density at radius 1 is 1.56 bits per heavy atom. The van der Waals surface area contributed by atoms with E-state index in [1.807, 2.05) is 4.72 Å². The molecule has 0 saturated carbocycles. The van der Waals surface area contributed by atoms with Gasteiger partial charge in [0.25, 0.3) is 0 Å². The zero-order chi connectivity index (χ0) is 13.8. The molecule has 8 heteroatoms. The first-order valence-electron chi connectivity index (χ1n) is 4.67. The maximum absolute atomic E-state index is 13.0. The van der Waals surface area contributed by atoms with Gasteiger partial charge in [0.15, 0.2) is 0 Å². The van der Waals surface area contributed by atoms with E-state index in [0.717, 1.165) is 25.3 Å². The highest BCUT2D eigenvalue weighted by Gasteiger charge is 2.17. The van der Waals surface area contributed by atoms with Crippen LogP contribution in [-0.2, 0) is 19.6 Å². The van der Waals surface area contributed by atoms with Gasteiger partial charge in [-0.25, -0.2) is 12.8 Å². The molecule has 0 spiro atoms. The molecule has 1 aromatic carbocycles. The van der Waals surface area contributed by atoms with Crippen LogP contribution in [0, 0.1) is 17.1 Å². The van der Waals surface area contributed by atoms with Crippen LogP contribution in [0.15, 0.2) is 23.1 Å². The molecular formula is C10H9FN2O4S. The number of hydrogen-bond donors (Lipinski definition) is 1. The second-order valence-corrected chi connectivity index (χ2v) is 4.92. The molecule has 1 aromatic rings. The number of hydrogen-bond acceptors (Lipinski definition) is 5. The first kappa shape index (κ1) is 14.1. The van der Waals surface area contributed by atoms with E-state index in [1.54, 1.807) is 0 Å². The second kappa shape index (κ2) is 5.57. The van der Waals surface area contributed by atoms with E-state index in [2.05, 4.69) is 4.74 Å². The smallest absolute Gasteiger partial charge is 0.320 e. The van der Waals surface area contributed by atoms with E-state index in [4.69, 9.17) is 5.26 Å². The Morgan fingerprint density at radius 3 is 2.78 bits per heavy atom. The lowest BCUT2D eigenvalue weighted by molar-refractivity contribution is -0.139. The summed E-state index contributed by atoms with van der Waals surface area (Å²) < 4.78 is 42.6. The number of nitriles is 1. The lowest BCUT2D eigenvalue weighted by atomic mass is 10.2. The van der Waals surface area contributed by atoms with Crippen molar-refractivity contribution in [3.63, 3.8) is 0 Å². The van der Waals surface area contributed by atoms with Crippen LogP contribution in [0.4, 0.5) is 4.39 Å². The van der Waals surface area contributed by atoms with Crippen molar-refractivity contribution in [2.45, 2.75) is 4.90 Å². The number of rotatable bonds is 4. The molecule has 0 unspecified atom stereocenters. The van der Waals surface area contributed by atoms with Gasteiger partial charge >= 0.3 is 5.97 Å². The fraction of sp³-hybridized carbons (Fsp3) is 0.200. The SMILES string of the molecule is COC(=O)CNS(=O)(=O)c1ccc(F)c(C#N)c1. The lowest BCUT2D eigenvalue weighted by Crippen LogP contribution is -2.30. The molecule has 6 nitrogen and oxygen atoms in total. The number of nitrogens with zero attached hydrogens (tertiary/aromatic N) is 1. The minimum atomic E-state index is -3.98. The van der Waals surface area contributed by atoms with Crippen molar-refractivity contribution in [2.24, 2.45) is 0 Å². The lowest BCUT2D eigenvalue weighted by Gasteiger charge is -2.06. The highest BCUT2D eigenvalue weighted by Crippen LogP contribution is 2.14. The molecule has 0 atom stereocenters. The molecule has 0 aliphatic rings. The minimum Gasteiger partial charge on any atom is -0.468 e. The predicted octanol–water partition coefficient (Wildman–Crippen LogP) is 0.149. The molecule has 0 aromatic heterocycles. The van der Waals surface area contributed by atoms with Crippen molar-refractivity contribution in [2.75, 3.05) is 13.7 Å². The Hall–Kier alpha value is -1.98. The maximum atomic E-state index is 13.0. The van der Waals surface area contributed by atoms with Gasteiger partial charge in [0.05, 0.1) is 17.6 Å². The second-order valence-electron chi connectivity index (χ2n) is 3.15. The summed E-state index contributed by atoms with van der Waals surface area (Å²) in [6.07, 6.45) is 0. The average Bonchev–Trinajstić information content (AvgIpc) is 2.36. The van der Waals surface area contributed by atoms with Gasteiger partial charge in [-0.05, 0) is 18.2 Å². The van der Waals surface area contributed by atoms with Crippen molar-refractivity contribution in [3.05, 3.63) is 29.6 Å². The van der Waals surface area contributed by atoms with E-state index in [1.165, 1.54) is 6.07 Å². The third-order valence-electron chi connectivity index (χ3n) is 2.00. The number of ether oxygens (including phenoxy) is 1. The number of nitrogens with one attached hydrogen (secondary N) is 1. The summed E-state index contributed by atoms with van der Waals surface area (Å²) in [6.45, 7) is -0.544. The summed E-state index contributed by atoms with van der Waals surface area (Å²) in [5.74, 6) is -1.58. The van der Waals surface area contributed by atoms with Gasteiger partial charge in [0.2, 0.25) is 10.0 Å². The number of carbonyl (C=O) groups is 1. The fourth-order valence-corrected chi connectivity index (χ4v) is 2.06. The van der Waals surface area contributed by atoms with E-state index in [0.29, 0.717) is 0 Å². The van der Waals surface area contributed by atoms with Gasteiger partial charge < -0.3 is 4.74 Å². The predicted molar refractivity (Wildman–Crippen MR) is 58.3 cm³/mol. The molecule has 0 radical (unpaired) electrons. The molecule has 96 valence electrons. The van der Waals surface area contributed by atoms with Crippen LogP contribution >= 0.6 is 0 Å². The van der Waals surface area contributed by atoms with Gasteiger partial charge in [0, 0.05) is 0 Å². The van der Waals surface area contributed by atoms with E-state index < -0.39 is 33.9 Å². The summed E-state index contributed by atoms with van der Waals surface area (Å²) in [5, 5.41) is 8.59. The Morgan fingerprint density at radius 2 is 2.22 bits per heavy atom. The zero-order valence-corrected chi connectivity index (χ0v) is 10.1. The molecule has 0 fully saturated rings. The molecule has 0 saturated heterocycles. The molecular weight excluding hydrogens is 263 g/mol. The largest absolute Gasteiger partial charge is 0.468 e. The van der Waals surface area contributed by atoms with Crippen LogP contribution < -0.4 is 4.72 Å². The fourth-order valence-electron chi connectivity index (χ4n) is 1.07. The van der Waals surface area contributed by atoms with Gasteiger partial charge in [-0.15, -0.1) is 0 Å². The molecule has 0 aliphatic carbocycles. The molecule has 18 heavy (non-hydrogen) atoms. The molecule has 0 amide bonds. The first-order chi connectivity index (χ1) is 8.40. The Balaban J connectivity index is 2.99. The Bertz CT molecular complexity index is 607. The topological polar surface area (TPSA) is 96.3 Å². The maximum Gasteiger partial charge on any atom is 0.320 e. The summed E-state index contributed by atoms with van der Waals surface area (Å²) in [6, 6.07) is 4.27. The Kier molecular flexibility index (Phi) is 4.36. The van der Waals surface area contributed by atoms with Crippen molar-refractivity contribution < 1.29 is 22.3 Å². The normalized spacial score (nSPS) is 10.7. The van der Waals surface area contributed by atoms with Crippen LogP contribution in [-0.4, -0.2) is 28.0 Å². The summed E-state index contributed by atoms with van der Waals surface area (Å²) in [7, 11) is -2.87. The summed E-state index contributed by atoms with van der Waals surface area (Å²) >= 11 is 0. The monoisotopic (exact) mass is 272 g/mol. The van der Waals surface area contributed by atoms with Gasteiger partial charge in [0.1, 0.15) is 18.4 Å². The molecule has 0 aliphatic heterocycles. The van der Waals surface area contributed by atoms with E-state index in [-0.39, 0.29) is 4.90 Å². The number of carbonyl (C=O) groups excluding carboxylic acids is 1. The van der Waals surface area contributed by atoms with Crippen LogP contribution in [0.1, 0.15) is 5.56 Å². The standard InChI is InChI=1S/C10H9FN2O4S/c1-17-10(14)6-13-18(15,16)8-2-3-9(11)7(4-8)5-12/h2-4,13H,6H2,1H3. The third-order valence-corrected chi connectivity index (χ3v) is 3.40. The number of esters is 1. The molecule has 1 N–H and O–H groups in total. The van der Waals surface area contributed by atoms with Crippen LogP contribution in [0.3, 0.4) is 0 Å². The highest BCUT2D eigenvalue weighted by atomic mass is 32.2. The zero-order valence-electron chi connectivity index (χ0n) is 9.31.